The van der Waals surface area contributed by atoms with E-state index in [4.69, 9.17) is 0 Å². The molecule has 1 fully saturated rings. The molecular weight excluding hydrogens is 432 g/mol. The van der Waals surface area contributed by atoms with Crippen LogP contribution in [0.2, 0.25) is 19.6 Å². The van der Waals surface area contributed by atoms with E-state index in [2.05, 4.69) is 81.2 Å². The van der Waals surface area contributed by atoms with Crippen LogP contribution in [-0.4, -0.2) is 8.07 Å². The second-order valence-corrected chi connectivity index (χ2v) is 15.1. The first-order chi connectivity index (χ1) is 12.8. The van der Waals surface area contributed by atoms with E-state index in [1.54, 1.807) is 0 Å². The molecule has 0 amide bonds. The summed E-state index contributed by atoms with van der Waals surface area (Å²) in [5.74, 6) is 0. The van der Waals surface area contributed by atoms with Crippen LogP contribution in [0.25, 0.3) is 21.9 Å². The number of hydrogen-bond donors (Lipinski definition) is 0. The van der Waals surface area contributed by atoms with Crippen LogP contribution in [0.5, 0.6) is 0 Å². The van der Waals surface area contributed by atoms with Crippen molar-refractivity contribution in [1.29, 1.82) is 0 Å². The molecule has 0 N–H and O–H groups in total. The van der Waals surface area contributed by atoms with Crippen molar-refractivity contribution in [3.63, 3.8) is 0 Å². The summed E-state index contributed by atoms with van der Waals surface area (Å²) in [6, 6.07) is 21.1. The zero-order valence-corrected chi connectivity index (χ0v) is 21.4. The van der Waals surface area contributed by atoms with E-state index in [1.807, 2.05) is 0 Å². The Labute approximate surface area is 191 Å². The second kappa shape index (κ2) is 8.49. The van der Waals surface area contributed by atoms with E-state index in [0.29, 0.717) is 5.41 Å². The summed E-state index contributed by atoms with van der Waals surface area (Å²) in [7, 11) is -1.24. The number of fused-ring (bicyclic) bond motifs is 1. The fourth-order valence-corrected chi connectivity index (χ4v) is 6.04. The smallest absolute Gasteiger partial charge is 0.0775 e. The maximum atomic E-state index is 2.50. The Hall–Kier alpha value is -0.850. The van der Waals surface area contributed by atoms with E-state index in [9.17, 15) is 0 Å². The first-order valence-electron chi connectivity index (χ1n) is 10.6. The predicted octanol–water partition coefficient (Wildman–Crippen LogP) is 7.28. The van der Waals surface area contributed by atoms with Crippen molar-refractivity contribution >= 4 is 24.0 Å². The summed E-state index contributed by atoms with van der Waals surface area (Å²) in [5, 5.41) is 4.36. The Morgan fingerprint density at radius 1 is 0.929 bits per heavy atom. The molecule has 0 aliphatic heterocycles. The Morgan fingerprint density at radius 3 is 2.25 bits per heavy atom. The molecule has 0 spiro atoms. The van der Waals surface area contributed by atoms with Gasteiger partial charge in [-0.15, -0.1) is 34.5 Å². The van der Waals surface area contributed by atoms with Gasteiger partial charge in [-0.1, -0.05) is 86.9 Å². The molecule has 0 heterocycles. The molecule has 4 rings (SSSR count). The van der Waals surface area contributed by atoms with Crippen molar-refractivity contribution in [2.75, 3.05) is 0 Å². The van der Waals surface area contributed by atoms with E-state index >= 15 is 0 Å². The molecule has 3 aromatic carbocycles. The van der Waals surface area contributed by atoms with Crippen LogP contribution in [-0.2, 0) is 32.6 Å². The molecule has 0 atom stereocenters. The minimum atomic E-state index is -1.24. The molecule has 0 saturated heterocycles. The van der Waals surface area contributed by atoms with Gasteiger partial charge in [0.15, 0.2) is 0 Å². The third-order valence-corrected chi connectivity index (χ3v) is 8.63. The van der Waals surface area contributed by atoms with Gasteiger partial charge in [-0.3, -0.25) is 0 Å². The maximum Gasteiger partial charge on any atom is 0.0775 e. The molecule has 1 aliphatic rings. The number of hydrogen-bond acceptors (Lipinski definition) is 0. The van der Waals surface area contributed by atoms with Gasteiger partial charge in [0.05, 0.1) is 8.07 Å². The van der Waals surface area contributed by atoms with Crippen LogP contribution in [0, 0.1) is 5.41 Å². The maximum absolute atomic E-state index is 2.50. The molecule has 2 heteroatoms. The molecule has 1 aliphatic carbocycles. The van der Waals surface area contributed by atoms with Gasteiger partial charge >= 0.3 is 0 Å². The van der Waals surface area contributed by atoms with E-state index in [0.717, 1.165) is 0 Å². The van der Waals surface area contributed by atoms with Crippen LogP contribution in [0.1, 0.15) is 44.6 Å². The van der Waals surface area contributed by atoms with Gasteiger partial charge in [0.1, 0.15) is 0 Å². The molecule has 0 nitrogen and oxygen atoms in total. The topological polar surface area (TPSA) is 0 Å². The van der Waals surface area contributed by atoms with Crippen molar-refractivity contribution in [2.45, 2.75) is 65.1 Å². The molecule has 0 aromatic heterocycles. The molecule has 1 saturated carbocycles. The van der Waals surface area contributed by atoms with Crippen LogP contribution in [0.15, 0.2) is 54.6 Å². The quantitative estimate of drug-likeness (QED) is 0.281. The van der Waals surface area contributed by atoms with Gasteiger partial charge in [0, 0.05) is 26.2 Å². The van der Waals surface area contributed by atoms with Crippen molar-refractivity contribution in [2.24, 2.45) is 5.41 Å². The fraction of sp³-hybridized carbons (Fsp3) is 0.423. The van der Waals surface area contributed by atoms with E-state index < -0.39 is 8.07 Å². The Bertz CT molecular complexity index is 921. The van der Waals surface area contributed by atoms with Crippen LogP contribution in [0.4, 0.5) is 0 Å². The average Bonchev–Trinajstić information content (AvgIpc) is 3.03. The first kappa shape index (κ1) is 21.8. The van der Waals surface area contributed by atoms with Gasteiger partial charge in [0.25, 0.3) is 0 Å². The summed E-state index contributed by atoms with van der Waals surface area (Å²) in [4.78, 5) is 0. The summed E-state index contributed by atoms with van der Waals surface area (Å²) < 4.78 is 0. The van der Waals surface area contributed by atoms with Crippen LogP contribution >= 0.6 is 0 Å². The van der Waals surface area contributed by atoms with Gasteiger partial charge < -0.3 is 0 Å². The standard InChI is InChI=1S/C26H33Si.Zr/c1-26(15-6-5-7-16-26)19-20-17-22-9-8-10-24(25(22)18-20)21-11-13-23(14-12-21)27(2,3)4;/h8-14,17-18H,5-7,15-16,19H2,1-4H3;/q-1;. The zero-order valence-electron chi connectivity index (χ0n) is 17.9. The third kappa shape index (κ3) is 4.65. The Balaban J connectivity index is 0.00000225. The van der Waals surface area contributed by atoms with Gasteiger partial charge in [0.2, 0.25) is 0 Å². The summed E-state index contributed by atoms with van der Waals surface area (Å²) in [6.45, 7) is 9.74. The first-order valence-corrected chi connectivity index (χ1v) is 14.1. The number of rotatable bonds is 4. The van der Waals surface area contributed by atoms with Crippen molar-refractivity contribution in [3.05, 3.63) is 60.2 Å². The molecule has 3 aromatic rings. The molecule has 146 valence electrons. The molecule has 0 radical (unpaired) electrons. The number of benzene rings is 2. The normalized spacial score (nSPS) is 16.7. The SMILES string of the molecule is CC1(Cc2cc3c(-c4ccc([Si](C)(C)C)cc4)cccc3[cH-]2)CCCCC1.[Zr]. The second-order valence-electron chi connectivity index (χ2n) is 10.0. The van der Waals surface area contributed by atoms with E-state index in [-0.39, 0.29) is 26.2 Å². The van der Waals surface area contributed by atoms with Crippen LogP contribution in [0.3, 0.4) is 0 Å². The third-order valence-electron chi connectivity index (χ3n) is 6.56. The van der Waals surface area contributed by atoms with E-state index in [1.165, 1.54) is 71.2 Å². The molecule has 28 heavy (non-hydrogen) atoms. The molecule has 0 unspecified atom stereocenters. The summed E-state index contributed by atoms with van der Waals surface area (Å²) >= 11 is 0. The molecular formula is C26H33SiZr-. The van der Waals surface area contributed by atoms with Gasteiger partial charge in [-0.2, -0.15) is 6.07 Å². The minimum absolute atomic E-state index is 0. The van der Waals surface area contributed by atoms with Gasteiger partial charge in [-0.25, -0.2) is 0 Å². The van der Waals surface area contributed by atoms with Crippen LogP contribution < -0.4 is 5.19 Å². The monoisotopic (exact) mass is 463 g/mol. The van der Waals surface area contributed by atoms with Crippen molar-refractivity contribution in [3.8, 4) is 11.1 Å². The Kier molecular flexibility index (Phi) is 6.62. The van der Waals surface area contributed by atoms with Crippen molar-refractivity contribution in [1.82, 2.24) is 0 Å². The van der Waals surface area contributed by atoms with Gasteiger partial charge in [-0.05, 0) is 30.2 Å². The predicted molar refractivity (Wildman–Crippen MR) is 123 cm³/mol. The Morgan fingerprint density at radius 2 is 1.61 bits per heavy atom. The average molecular weight is 465 g/mol. The summed E-state index contributed by atoms with van der Waals surface area (Å²) in [6.07, 6.45) is 8.25. The zero-order chi connectivity index (χ0) is 19.1. The largest absolute Gasteiger partial charge is 0.164 e. The summed E-state index contributed by atoms with van der Waals surface area (Å²) in [5.41, 5.74) is 4.76. The minimum Gasteiger partial charge on any atom is -0.164 e. The fourth-order valence-electron chi connectivity index (χ4n) is 4.88. The van der Waals surface area contributed by atoms with Crippen molar-refractivity contribution < 1.29 is 26.2 Å². The molecule has 0 bridgehead atoms.